The van der Waals surface area contributed by atoms with E-state index >= 15 is 0 Å². The molecule has 0 N–H and O–H groups in total. The Balaban J connectivity index is 2.69. The Morgan fingerprint density at radius 2 is 2.05 bits per heavy atom. The molecule has 0 amide bonds. The second-order valence-corrected chi connectivity index (χ2v) is 4.82. The minimum atomic E-state index is -0.0808. The standard InChI is InChI=1S/C13H10Cl2N2O2/c1-7(2)13-8(6-16-18)12(17-19-13)11-9(14)4-3-5-10(11)15/h3-5H,1,6H2,2H3. The molecule has 2 rings (SSSR count). The van der Waals surface area contributed by atoms with E-state index in [0.29, 0.717) is 38.2 Å². The molecule has 0 saturated heterocycles. The van der Waals surface area contributed by atoms with Crippen molar-refractivity contribution >= 4 is 28.8 Å². The fourth-order valence-electron chi connectivity index (χ4n) is 1.78. The molecular formula is C13H10Cl2N2O2. The number of hydrogen-bond donors (Lipinski definition) is 0. The van der Waals surface area contributed by atoms with Crippen LogP contribution in [0.4, 0.5) is 0 Å². The van der Waals surface area contributed by atoms with E-state index in [0.717, 1.165) is 0 Å². The van der Waals surface area contributed by atoms with Gasteiger partial charge >= 0.3 is 0 Å². The molecule has 98 valence electrons. The molecule has 0 saturated carbocycles. The van der Waals surface area contributed by atoms with Gasteiger partial charge in [0, 0.05) is 5.56 Å². The van der Waals surface area contributed by atoms with Gasteiger partial charge in [-0.3, -0.25) is 0 Å². The summed E-state index contributed by atoms with van der Waals surface area (Å²) in [5.74, 6) is 0.436. The van der Waals surface area contributed by atoms with Crippen molar-refractivity contribution in [1.29, 1.82) is 0 Å². The second kappa shape index (κ2) is 5.55. The van der Waals surface area contributed by atoms with Crippen molar-refractivity contribution in [3.8, 4) is 11.3 Å². The van der Waals surface area contributed by atoms with Crippen LogP contribution >= 0.6 is 23.2 Å². The maximum absolute atomic E-state index is 10.6. The first-order valence-electron chi connectivity index (χ1n) is 5.44. The van der Waals surface area contributed by atoms with Crippen LogP contribution in [0, 0.1) is 4.91 Å². The number of benzene rings is 1. The lowest BCUT2D eigenvalue weighted by Crippen LogP contribution is -1.90. The van der Waals surface area contributed by atoms with Crippen LogP contribution in [0.3, 0.4) is 0 Å². The number of rotatable bonds is 4. The van der Waals surface area contributed by atoms with Gasteiger partial charge in [-0.05, 0) is 24.6 Å². The monoisotopic (exact) mass is 296 g/mol. The smallest absolute Gasteiger partial charge is 0.167 e. The van der Waals surface area contributed by atoms with E-state index in [1.165, 1.54) is 0 Å². The summed E-state index contributed by atoms with van der Waals surface area (Å²) in [6, 6.07) is 5.11. The number of aromatic nitrogens is 1. The van der Waals surface area contributed by atoms with Crippen molar-refractivity contribution in [3.63, 3.8) is 0 Å². The van der Waals surface area contributed by atoms with Crippen LogP contribution in [0.2, 0.25) is 10.0 Å². The van der Waals surface area contributed by atoms with E-state index < -0.39 is 0 Å². The molecule has 0 radical (unpaired) electrons. The summed E-state index contributed by atoms with van der Waals surface area (Å²) in [5, 5.41) is 7.70. The summed E-state index contributed by atoms with van der Waals surface area (Å²) >= 11 is 12.3. The van der Waals surface area contributed by atoms with Crippen molar-refractivity contribution in [2.24, 2.45) is 5.18 Å². The van der Waals surface area contributed by atoms with Gasteiger partial charge < -0.3 is 4.52 Å². The van der Waals surface area contributed by atoms with E-state index in [4.69, 9.17) is 27.7 Å². The van der Waals surface area contributed by atoms with Gasteiger partial charge in [-0.2, -0.15) is 4.91 Å². The number of hydrogen-bond acceptors (Lipinski definition) is 4. The first kappa shape index (κ1) is 13.8. The SMILES string of the molecule is C=C(C)c1onc(-c2c(Cl)cccc2Cl)c1CN=O. The Bertz CT molecular complexity index is 630. The molecule has 0 aliphatic carbocycles. The molecule has 19 heavy (non-hydrogen) atoms. The van der Waals surface area contributed by atoms with Gasteiger partial charge in [0.25, 0.3) is 0 Å². The lowest BCUT2D eigenvalue weighted by Gasteiger charge is -2.04. The first-order valence-corrected chi connectivity index (χ1v) is 6.19. The Morgan fingerprint density at radius 3 is 2.58 bits per heavy atom. The molecule has 0 bridgehead atoms. The summed E-state index contributed by atoms with van der Waals surface area (Å²) in [4.78, 5) is 10.6. The molecule has 1 aromatic carbocycles. The van der Waals surface area contributed by atoms with E-state index in [9.17, 15) is 4.91 Å². The second-order valence-electron chi connectivity index (χ2n) is 4.00. The molecular weight excluding hydrogens is 287 g/mol. The van der Waals surface area contributed by atoms with E-state index in [2.05, 4.69) is 16.9 Å². The highest BCUT2D eigenvalue weighted by Crippen LogP contribution is 2.38. The van der Waals surface area contributed by atoms with E-state index in [1.807, 2.05) is 0 Å². The van der Waals surface area contributed by atoms with E-state index in [1.54, 1.807) is 25.1 Å². The Morgan fingerprint density at radius 1 is 1.42 bits per heavy atom. The summed E-state index contributed by atoms with van der Waals surface area (Å²) in [6.07, 6.45) is 0. The van der Waals surface area contributed by atoms with Gasteiger partial charge in [-0.1, -0.05) is 46.2 Å². The van der Waals surface area contributed by atoms with Gasteiger partial charge in [-0.25, -0.2) is 0 Å². The van der Waals surface area contributed by atoms with Crippen LogP contribution in [0.1, 0.15) is 18.2 Å². The number of halogens is 2. The average Bonchev–Trinajstić information content (AvgIpc) is 2.73. The van der Waals surface area contributed by atoms with Gasteiger partial charge in [0.05, 0.1) is 15.6 Å². The highest BCUT2D eigenvalue weighted by Gasteiger charge is 2.21. The fourth-order valence-corrected chi connectivity index (χ4v) is 2.35. The zero-order chi connectivity index (χ0) is 14.0. The molecule has 0 spiro atoms. The van der Waals surface area contributed by atoms with Crippen LogP contribution in [0.5, 0.6) is 0 Å². The highest BCUT2D eigenvalue weighted by atomic mass is 35.5. The van der Waals surface area contributed by atoms with Crippen molar-refractivity contribution in [2.45, 2.75) is 13.5 Å². The van der Waals surface area contributed by atoms with Crippen LogP contribution in [0.15, 0.2) is 34.5 Å². The number of allylic oxidation sites excluding steroid dienone is 1. The summed E-state index contributed by atoms with van der Waals surface area (Å²) in [6.45, 7) is 5.45. The first-order chi connectivity index (χ1) is 9.06. The van der Waals surface area contributed by atoms with Crippen LogP contribution in [-0.4, -0.2) is 5.16 Å². The lowest BCUT2D eigenvalue weighted by molar-refractivity contribution is 0.411. The number of nitrogens with zero attached hydrogens (tertiary/aromatic N) is 2. The van der Waals surface area contributed by atoms with Gasteiger partial charge in [0.15, 0.2) is 5.76 Å². The predicted octanol–water partition coefficient (Wildman–Crippen LogP) is 4.95. The molecule has 0 fully saturated rings. The average molecular weight is 297 g/mol. The summed E-state index contributed by atoms with van der Waals surface area (Å²) in [7, 11) is 0. The lowest BCUT2D eigenvalue weighted by atomic mass is 10.0. The molecule has 4 nitrogen and oxygen atoms in total. The third-order valence-corrected chi connectivity index (χ3v) is 3.23. The van der Waals surface area contributed by atoms with Crippen molar-refractivity contribution in [3.05, 3.63) is 51.1 Å². The van der Waals surface area contributed by atoms with Crippen molar-refractivity contribution < 1.29 is 4.52 Å². The third-order valence-electron chi connectivity index (χ3n) is 2.60. The molecule has 2 aromatic rings. The molecule has 0 atom stereocenters. The molecule has 6 heteroatoms. The largest absolute Gasteiger partial charge is 0.356 e. The topological polar surface area (TPSA) is 55.5 Å². The molecule has 1 heterocycles. The maximum Gasteiger partial charge on any atom is 0.167 e. The molecule has 1 aromatic heterocycles. The minimum absolute atomic E-state index is 0.0808. The molecule has 0 unspecified atom stereocenters. The highest BCUT2D eigenvalue weighted by molar-refractivity contribution is 6.39. The zero-order valence-corrected chi connectivity index (χ0v) is 11.6. The molecule has 0 aliphatic rings. The van der Waals surface area contributed by atoms with Gasteiger partial charge in [0.2, 0.25) is 0 Å². The normalized spacial score (nSPS) is 10.5. The Kier molecular flexibility index (Phi) is 4.02. The van der Waals surface area contributed by atoms with Crippen molar-refractivity contribution in [1.82, 2.24) is 5.16 Å². The maximum atomic E-state index is 10.6. The van der Waals surface area contributed by atoms with Crippen LogP contribution in [0.25, 0.3) is 16.8 Å². The van der Waals surface area contributed by atoms with E-state index in [-0.39, 0.29) is 6.54 Å². The Labute approximate surface area is 120 Å². The molecule has 0 aliphatic heterocycles. The van der Waals surface area contributed by atoms with Gasteiger partial charge in [0.1, 0.15) is 12.2 Å². The summed E-state index contributed by atoms with van der Waals surface area (Å²) in [5.41, 5.74) is 2.15. The van der Waals surface area contributed by atoms with Gasteiger partial charge in [-0.15, -0.1) is 0 Å². The minimum Gasteiger partial charge on any atom is -0.356 e. The number of nitroso groups, excluding NO2 is 1. The third kappa shape index (κ3) is 2.55. The summed E-state index contributed by atoms with van der Waals surface area (Å²) < 4.78 is 5.21. The quantitative estimate of drug-likeness (QED) is 0.750. The predicted molar refractivity (Wildman–Crippen MR) is 76.2 cm³/mol. The van der Waals surface area contributed by atoms with Crippen LogP contribution in [-0.2, 0) is 6.54 Å². The Hall–Kier alpha value is -1.65. The fraction of sp³-hybridized carbons (Fsp3) is 0.154. The van der Waals surface area contributed by atoms with Crippen LogP contribution < -0.4 is 0 Å². The van der Waals surface area contributed by atoms with Crippen molar-refractivity contribution in [2.75, 3.05) is 0 Å². The zero-order valence-electron chi connectivity index (χ0n) is 10.1.